The second-order valence-electron chi connectivity index (χ2n) is 8.31. The number of hydrogen-bond donors (Lipinski definition) is 3. The van der Waals surface area contributed by atoms with Gasteiger partial charge in [-0.3, -0.25) is 0 Å². The molecule has 0 radical (unpaired) electrons. The van der Waals surface area contributed by atoms with E-state index >= 15 is 0 Å². The molecule has 4 rings (SSSR count). The molecular formula is C24H31ClN7O+. The fraction of sp³-hybridized carbons (Fsp3) is 0.417. The number of ether oxygens (including phenoxy) is 1. The van der Waals surface area contributed by atoms with Crippen LogP contribution in [0.4, 0.5) is 23.3 Å². The molecule has 2 aromatic heterocycles. The summed E-state index contributed by atoms with van der Waals surface area (Å²) in [5.74, 6) is 2.33. The lowest BCUT2D eigenvalue weighted by molar-refractivity contribution is -0.671. The molecule has 0 unspecified atom stereocenters. The standard InChI is InChI=1S/C24H30ClN7O/c1-32-13-11-17(12-14-32)26-16-22-29-23(27-18-7-5-3-4-6-8-18)31-24(30-22)28-19-9-10-21(33-2)20(25)15-19/h9-15,18H,3-8,16H2,1-2H3,(H2,27,28,29,30,31)/p+1. The van der Waals surface area contributed by atoms with Gasteiger partial charge in [-0.25, -0.2) is 4.57 Å². The molecule has 1 saturated carbocycles. The van der Waals surface area contributed by atoms with E-state index in [4.69, 9.17) is 21.3 Å². The normalized spacial score (nSPS) is 14.4. The number of pyridine rings is 1. The quantitative estimate of drug-likeness (QED) is 0.321. The molecule has 1 aromatic carbocycles. The monoisotopic (exact) mass is 468 g/mol. The fourth-order valence-electron chi connectivity index (χ4n) is 3.90. The molecule has 174 valence electrons. The average Bonchev–Trinajstić information content (AvgIpc) is 3.07. The van der Waals surface area contributed by atoms with Gasteiger partial charge in [0.1, 0.15) is 12.8 Å². The summed E-state index contributed by atoms with van der Waals surface area (Å²) in [6, 6.07) is 9.91. The predicted molar refractivity (Wildman–Crippen MR) is 131 cm³/mol. The van der Waals surface area contributed by atoms with E-state index in [2.05, 4.69) is 25.9 Å². The van der Waals surface area contributed by atoms with Crippen LogP contribution < -0.4 is 25.3 Å². The van der Waals surface area contributed by atoms with Gasteiger partial charge >= 0.3 is 0 Å². The smallest absolute Gasteiger partial charge is 0.232 e. The van der Waals surface area contributed by atoms with Crippen molar-refractivity contribution in [2.75, 3.05) is 23.1 Å². The SMILES string of the molecule is COc1ccc(Nc2nc(CNc3cc[n+](C)cc3)nc(NC3CCCCCC3)n2)cc1Cl. The third-order valence-corrected chi connectivity index (χ3v) is 6.00. The zero-order chi connectivity index (χ0) is 23.0. The van der Waals surface area contributed by atoms with Crippen LogP contribution in [0, 0.1) is 0 Å². The number of methoxy groups -OCH3 is 1. The van der Waals surface area contributed by atoms with E-state index in [0.717, 1.165) is 24.2 Å². The number of anilines is 4. The lowest BCUT2D eigenvalue weighted by atomic mass is 10.1. The highest BCUT2D eigenvalue weighted by Gasteiger charge is 2.15. The van der Waals surface area contributed by atoms with E-state index < -0.39 is 0 Å². The summed E-state index contributed by atoms with van der Waals surface area (Å²) >= 11 is 6.29. The number of hydrogen-bond acceptors (Lipinski definition) is 7. The van der Waals surface area contributed by atoms with Crippen LogP contribution in [-0.4, -0.2) is 28.1 Å². The van der Waals surface area contributed by atoms with Crippen LogP contribution >= 0.6 is 11.6 Å². The Morgan fingerprint density at radius 3 is 2.39 bits per heavy atom. The maximum Gasteiger partial charge on any atom is 0.232 e. The Hall–Kier alpha value is -3.13. The van der Waals surface area contributed by atoms with Crippen molar-refractivity contribution in [3.05, 3.63) is 53.6 Å². The number of halogens is 1. The van der Waals surface area contributed by atoms with Crippen LogP contribution in [0.3, 0.4) is 0 Å². The van der Waals surface area contributed by atoms with Crippen molar-refractivity contribution in [3.63, 3.8) is 0 Å². The topological polar surface area (TPSA) is 87.9 Å². The molecule has 0 bridgehead atoms. The Kier molecular flexibility index (Phi) is 7.78. The number of rotatable bonds is 8. The van der Waals surface area contributed by atoms with Crippen LogP contribution in [0.25, 0.3) is 0 Å². The van der Waals surface area contributed by atoms with Crippen molar-refractivity contribution in [2.45, 2.75) is 51.1 Å². The van der Waals surface area contributed by atoms with Gasteiger partial charge in [-0.1, -0.05) is 37.3 Å². The minimum Gasteiger partial charge on any atom is -0.495 e. The first-order valence-corrected chi connectivity index (χ1v) is 11.8. The molecule has 0 aliphatic heterocycles. The summed E-state index contributed by atoms with van der Waals surface area (Å²) in [4.78, 5) is 14.0. The van der Waals surface area contributed by atoms with Gasteiger partial charge in [0.15, 0.2) is 18.2 Å². The Morgan fingerprint density at radius 2 is 1.70 bits per heavy atom. The highest BCUT2D eigenvalue weighted by atomic mass is 35.5. The third-order valence-electron chi connectivity index (χ3n) is 5.71. The van der Waals surface area contributed by atoms with Gasteiger partial charge in [-0.05, 0) is 31.0 Å². The summed E-state index contributed by atoms with van der Waals surface area (Å²) < 4.78 is 7.23. The second kappa shape index (κ2) is 11.1. The first-order valence-electron chi connectivity index (χ1n) is 11.4. The number of nitrogens with one attached hydrogen (secondary N) is 3. The van der Waals surface area contributed by atoms with E-state index in [1.165, 1.54) is 25.7 Å². The zero-order valence-corrected chi connectivity index (χ0v) is 19.9. The van der Waals surface area contributed by atoms with Crippen molar-refractivity contribution >= 4 is 34.9 Å². The maximum atomic E-state index is 6.29. The lowest BCUT2D eigenvalue weighted by Gasteiger charge is -2.17. The molecule has 0 amide bonds. The molecule has 0 saturated heterocycles. The molecule has 2 heterocycles. The van der Waals surface area contributed by atoms with Crippen molar-refractivity contribution in [3.8, 4) is 5.75 Å². The van der Waals surface area contributed by atoms with Crippen molar-refractivity contribution in [1.82, 2.24) is 15.0 Å². The van der Waals surface area contributed by atoms with Gasteiger partial charge in [0.2, 0.25) is 11.9 Å². The molecule has 1 aliphatic rings. The van der Waals surface area contributed by atoms with Crippen molar-refractivity contribution < 1.29 is 9.30 Å². The molecule has 1 fully saturated rings. The van der Waals surface area contributed by atoms with Gasteiger partial charge in [-0.15, -0.1) is 0 Å². The van der Waals surface area contributed by atoms with E-state index in [0.29, 0.717) is 41.1 Å². The lowest BCUT2D eigenvalue weighted by Crippen LogP contribution is -2.25. The Labute approximate surface area is 199 Å². The minimum atomic E-state index is 0.383. The van der Waals surface area contributed by atoms with Crippen LogP contribution in [0.1, 0.15) is 44.3 Å². The Bertz CT molecular complexity index is 1050. The number of benzene rings is 1. The molecule has 0 spiro atoms. The number of aryl methyl sites for hydroxylation is 1. The van der Waals surface area contributed by atoms with Gasteiger partial charge in [-0.2, -0.15) is 15.0 Å². The first-order chi connectivity index (χ1) is 16.1. The minimum absolute atomic E-state index is 0.383. The third kappa shape index (κ3) is 6.68. The molecular weight excluding hydrogens is 438 g/mol. The fourth-order valence-corrected chi connectivity index (χ4v) is 4.16. The summed E-state index contributed by atoms with van der Waals surface area (Å²) in [5, 5.41) is 10.7. The Morgan fingerprint density at radius 1 is 0.970 bits per heavy atom. The van der Waals surface area contributed by atoms with Crippen LogP contribution in [-0.2, 0) is 13.6 Å². The Balaban J connectivity index is 1.54. The van der Waals surface area contributed by atoms with Crippen LogP contribution in [0.5, 0.6) is 5.75 Å². The van der Waals surface area contributed by atoms with Gasteiger partial charge in [0, 0.05) is 29.5 Å². The van der Waals surface area contributed by atoms with E-state index in [9.17, 15) is 0 Å². The van der Waals surface area contributed by atoms with E-state index in [-0.39, 0.29) is 0 Å². The van der Waals surface area contributed by atoms with E-state index in [1.807, 2.05) is 48.3 Å². The molecule has 9 heteroatoms. The summed E-state index contributed by atoms with van der Waals surface area (Å²) in [6.07, 6.45) is 11.3. The van der Waals surface area contributed by atoms with Gasteiger partial charge in [0.05, 0.1) is 18.7 Å². The number of nitrogens with zero attached hydrogens (tertiary/aromatic N) is 4. The molecule has 0 atom stereocenters. The molecule has 3 N–H and O–H groups in total. The first kappa shape index (κ1) is 23.0. The van der Waals surface area contributed by atoms with Crippen molar-refractivity contribution in [1.29, 1.82) is 0 Å². The summed E-state index contributed by atoms with van der Waals surface area (Å²) in [5.41, 5.74) is 1.78. The summed E-state index contributed by atoms with van der Waals surface area (Å²) in [7, 11) is 3.59. The molecule has 8 nitrogen and oxygen atoms in total. The molecule has 33 heavy (non-hydrogen) atoms. The number of aromatic nitrogens is 4. The molecule has 1 aliphatic carbocycles. The average molecular weight is 469 g/mol. The largest absolute Gasteiger partial charge is 0.495 e. The van der Waals surface area contributed by atoms with E-state index in [1.54, 1.807) is 13.2 Å². The molecule has 3 aromatic rings. The summed E-state index contributed by atoms with van der Waals surface area (Å²) in [6.45, 7) is 0.480. The van der Waals surface area contributed by atoms with Crippen molar-refractivity contribution in [2.24, 2.45) is 7.05 Å². The van der Waals surface area contributed by atoms with Crippen LogP contribution in [0.2, 0.25) is 5.02 Å². The van der Waals surface area contributed by atoms with Gasteiger partial charge < -0.3 is 20.7 Å². The maximum absolute atomic E-state index is 6.29. The van der Waals surface area contributed by atoms with Crippen LogP contribution in [0.15, 0.2) is 42.7 Å². The predicted octanol–water partition coefficient (Wildman–Crippen LogP) is 4.85. The zero-order valence-electron chi connectivity index (χ0n) is 19.1. The highest BCUT2D eigenvalue weighted by molar-refractivity contribution is 6.32. The van der Waals surface area contributed by atoms with Gasteiger partial charge in [0.25, 0.3) is 0 Å². The highest BCUT2D eigenvalue weighted by Crippen LogP contribution is 2.28. The second-order valence-corrected chi connectivity index (χ2v) is 8.72.